The molecule has 0 radical (unpaired) electrons. The highest BCUT2D eigenvalue weighted by Gasteiger charge is 2.26. The third-order valence-electron chi connectivity index (χ3n) is 1.75. The lowest BCUT2D eigenvalue weighted by Crippen LogP contribution is -2.54. The molecular formula is C6H12N2O2. The summed E-state index contributed by atoms with van der Waals surface area (Å²) in [6.07, 6.45) is 0. The molecule has 0 aromatic carbocycles. The van der Waals surface area contributed by atoms with Crippen molar-refractivity contribution in [3.05, 3.63) is 0 Å². The van der Waals surface area contributed by atoms with E-state index in [1.54, 1.807) is 0 Å². The Morgan fingerprint density at radius 1 is 1.70 bits per heavy atom. The molecule has 2 atom stereocenters. The van der Waals surface area contributed by atoms with Crippen LogP contribution in [-0.4, -0.2) is 30.3 Å². The predicted molar refractivity (Wildman–Crippen MR) is 36.6 cm³/mol. The number of hydrogen-bond acceptors (Lipinski definition) is 3. The van der Waals surface area contributed by atoms with Crippen LogP contribution in [0.1, 0.15) is 6.92 Å². The molecule has 0 aliphatic carbocycles. The van der Waals surface area contributed by atoms with Gasteiger partial charge in [0.05, 0.1) is 0 Å². The van der Waals surface area contributed by atoms with Gasteiger partial charge in [0.1, 0.15) is 6.04 Å². The molecule has 10 heavy (non-hydrogen) atoms. The topological polar surface area (TPSA) is 61.4 Å². The van der Waals surface area contributed by atoms with Crippen LogP contribution < -0.4 is 10.6 Å². The molecule has 0 aromatic rings. The standard InChI is InChI=1S/C6H12N2O2/c1-4-2-7-3-8-5(4)6(9)10/h4-5,7-8H,2-3H2,1H3,(H,9,10). The van der Waals surface area contributed by atoms with Crippen molar-refractivity contribution in [3.63, 3.8) is 0 Å². The van der Waals surface area contributed by atoms with Crippen LogP contribution in [-0.2, 0) is 4.79 Å². The molecule has 4 heteroatoms. The normalized spacial score (nSPS) is 33.7. The SMILES string of the molecule is CC1CNCNC1C(=O)O. The Morgan fingerprint density at radius 2 is 2.40 bits per heavy atom. The Hall–Kier alpha value is -0.610. The van der Waals surface area contributed by atoms with Gasteiger partial charge in [0.15, 0.2) is 0 Å². The van der Waals surface area contributed by atoms with E-state index in [4.69, 9.17) is 5.11 Å². The Kier molecular flexibility index (Phi) is 2.24. The minimum absolute atomic E-state index is 0.172. The highest BCUT2D eigenvalue weighted by Crippen LogP contribution is 2.04. The third-order valence-corrected chi connectivity index (χ3v) is 1.75. The number of nitrogens with one attached hydrogen (secondary N) is 2. The van der Waals surface area contributed by atoms with Crippen molar-refractivity contribution >= 4 is 5.97 Å². The molecule has 1 aliphatic heterocycles. The van der Waals surface area contributed by atoms with Gasteiger partial charge in [-0.3, -0.25) is 10.1 Å². The zero-order chi connectivity index (χ0) is 7.56. The van der Waals surface area contributed by atoms with Crippen LogP contribution in [0.25, 0.3) is 0 Å². The summed E-state index contributed by atoms with van der Waals surface area (Å²) in [5, 5.41) is 14.5. The lowest BCUT2D eigenvalue weighted by atomic mass is 10.0. The van der Waals surface area contributed by atoms with Crippen LogP contribution in [0.3, 0.4) is 0 Å². The lowest BCUT2D eigenvalue weighted by Gasteiger charge is -2.27. The summed E-state index contributed by atoms with van der Waals surface area (Å²) < 4.78 is 0. The van der Waals surface area contributed by atoms with Crippen LogP contribution >= 0.6 is 0 Å². The van der Waals surface area contributed by atoms with E-state index in [1.807, 2.05) is 6.92 Å². The van der Waals surface area contributed by atoms with Crippen LogP contribution in [0.4, 0.5) is 0 Å². The molecule has 58 valence electrons. The fraction of sp³-hybridized carbons (Fsp3) is 0.833. The molecule has 1 fully saturated rings. The predicted octanol–water partition coefficient (Wildman–Crippen LogP) is -0.774. The van der Waals surface area contributed by atoms with Gasteiger partial charge in [-0.05, 0) is 5.92 Å². The van der Waals surface area contributed by atoms with E-state index in [0.717, 1.165) is 6.54 Å². The molecule has 1 heterocycles. The van der Waals surface area contributed by atoms with Crippen molar-refractivity contribution < 1.29 is 9.90 Å². The van der Waals surface area contributed by atoms with E-state index in [9.17, 15) is 4.79 Å². The zero-order valence-corrected chi connectivity index (χ0v) is 5.92. The van der Waals surface area contributed by atoms with Crippen LogP contribution in [0.2, 0.25) is 0 Å². The Balaban J connectivity index is 2.47. The van der Waals surface area contributed by atoms with E-state index in [-0.39, 0.29) is 12.0 Å². The van der Waals surface area contributed by atoms with Gasteiger partial charge >= 0.3 is 5.97 Å². The first kappa shape index (κ1) is 7.50. The average molecular weight is 144 g/mol. The second-order valence-corrected chi connectivity index (χ2v) is 2.63. The molecule has 1 saturated heterocycles. The van der Waals surface area contributed by atoms with E-state index in [2.05, 4.69) is 10.6 Å². The van der Waals surface area contributed by atoms with Gasteiger partial charge in [0, 0.05) is 13.2 Å². The first-order valence-electron chi connectivity index (χ1n) is 3.38. The molecule has 0 spiro atoms. The Bertz CT molecular complexity index is 138. The summed E-state index contributed by atoms with van der Waals surface area (Å²) in [5.74, 6) is -0.583. The number of carboxylic acids is 1. The van der Waals surface area contributed by atoms with E-state index >= 15 is 0 Å². The molecule has 0 aromatic heterocycles. The van der Waals surface area contributed by atoms with Crippen molar-refractivity contribution in [1.29, 1.82) is 0 Å². The monoisotopic (exact) mass is 144 g/mol. The van der Waals surface area contributed by atoms with E-state index < -0.39 is 5.97 Å². The number of hydrogen-bond donors (Lipinski definition) is 3. The van der Waals surface area contributed by atoms with E-state index in [1.165, 1.54) is 0 Å². The van der Waals surface area contributed by atoms with Crippen LogP contribution in [0.15, 0.2) is 0 Å². The maximum absolute atomic E-state index is 10.5. The van der Waals surface area contributed by atoms with Crippen molar-refractivity contribution in [2.45, 2.75) is 13.0 Å². The van der Waals surface area contributed by atoms with Gasteiger partial charge in [0.25, 0.3) is 0 Å². The number of rotatable bonds is 1. The second kappa shape index (κ2) is 2.98. The molecule has 4 nitrogen and oxygen atoms in total. The third kappa shape index (κ3) is 1.46. The van der Waals surface area contributed by atoms with Gasteiger partial charge in [-0.2, -0.15) is 0 Å². The highest BCUT2D eigenvalue weighted by molar-refractivity contribution is 5.73. The largest absolute Gasteiger partial charge is 0.480 e. The van der Waals surface area contributed by atoms with Gasteiger partial charge in [-0.1, -0.05) is 6.92 Å². The molecule has 0 amide bonds. The highest BCUT2D eigenvalue weighted by atomic mass is 16.4. The van der Waals surface area contributed by atoms with Gasteiger partial charge < -0.3 is 10.4 Å². The molecule has 0 saturated carbocycles. The summed E-state index contributed by atoms with van der Waals surface area (Å²) in [5.41, 5.74) is 0. The summed E-state index contributed by atoms with van der Waals surface area (Å²) in [6, 6.07) is -0.374. The summed E-state index contributed by atoms with van der Waals surface area (Å²) in [7, 11) is 0. The van der Waals surface area contributed by atoms with Crippen LogP contribution in [0.5, 0.6) is 0 Å². The summed E-state index contributed by atoms with van der Waals surface area (Å²) >= 11 is 0. The lowest BCUT2D eigenvalue weighted by molar-refractivity contribution is -0.141. The molecule has 2 unspecified atom stereocenters. The van der Waals surface area contributed by atoms with Gasteiger partial charge in [-0.15, -0.1) is 0 Å². The molecule has 1 aliphatic rings. The maximum atomic E-state index is 10.5. The number of carboxylic acid groups (broad SMARTS) is 1. The van der Waals surface area contributed by atoms with Gasteiger partial charge in [0.2, 0.25) is 0 Å². The minimum atomic E-state index is -0.756. The summed E-state index contributed by atoms with van der Waals surface area (Å²) in [6.45, 7) is 3.29. The van der Waals surface area contributed by atoms with Gasteiger partial charge in [-0.25, -0.2) is 0 Å². The Labute approximate surface area is 59.6 Å². The first-order valence-corrected chi connectivity index (χ1v) is 3.38. The quantitative estimate of drug-likeness (QED) is 0.452. The molecular weight excluding hydrogens is 132 g/mol. The zero-order valence-electron chi connectivity index (χ0n) is 5.92. The molecule has 3 N–H and O–H groups in total. The van der Waals surface area contributed by atoms with E-state index in [0.29, 0.717) is 6.67 Å². The fourth-order valence-electron chi connectivity index (χ4n) is 1.13. The number of aliphatic carboxylic acids is 1. The summed E-state index contributed by atoms with van der Waals surface area (Å²) in [4.78, 5) is 10.5. The Morgan fingerprint density at radius 3 is 2.80 bits per heavy atom. The van der Waals surface area contributed by atoms with Crippen molar-refractivity contribution in [2.24, 2.45) is 5.92 Å². The fourth-order valence-corrected chi connectivity index (χ4v) is 1.13. The van der Waals surface area contributed by atoms with Crippen LogP contribution in [0, 0.1) is 5.92 Å². The molecule has 1 rings (SSSR count). The van der Waals surface area contributed by atoms with Crippen molar-refractivity contribution in [3.8, 4) is 0 Å². The van der Waals surface area contributed by atoms with Crippen molar-refractivity contribution in [1.82, 2.24) is 10.6 Å². The maximum Gasteiger partial charge on any atom is 0.321 e. The second-order valence-electron chi connectivity index (χ2n) is 2.63. The molecule has 0 bridgehead atoms. The minimum Gasteiger partial charge on any atom is -0.480 e. The average Bonchev–Trinajstić information content (AvgIpc) is 1.88. The van der Waals surface area contributed by atoms with Crippen molar-refractivity contribution in [2.75, 3.05) is 13.2 Å². The number of carbonyl (C=O) groups is 1. The first-order chi connectivity index (χ1) is 4.72. The smallest absolute Gasteiger partial charge is 0.321 e.